The highest BCUT2D eigenvalue weighted by Crippen LogP contribution is 2.24. The highest BCUT2D eigenvalue weighted by molar-refractivity contribution is 7.19. The molecule has 1 aromatic carbocycles. The minimum Gasteiger partial charge on any atom is -0.439 e. The Balaban J connectivity index is 2.78. The fourth-order valence-electron chi connectivity index (χ4n) is 1.26. The van der Waals surface area contributed by atoms with Gasteiger partial charge in [0.15, 0.2) is 0 Å². The Kier molecular flexibility index (Phi) is 1.73. The SMILES string of the molecule is COc1sc2ccccc2[n+]1C. The molecule has 0 unspecified atom stereocenters. The molecule has 0 N–H and O–H groups in total. The predicted molar refractivity (Wildman–Crippen MR) is 49.6 cm³/mol. The van der Waals surface area contributed by atoms with E-state index in [1.807, 2.05) is 19.2 Å². The van der Waals surface area contributed by atoms with Crippen molar-refractivity contribution >= 4 is 21.6 Å². The molecular weight excluding hydrogens is 170 g/mol. The van der Waals surface area contributed by atoms with Gasteiger partial charge in [-0.25, -0.2) is 0 Å². The molecule has 2 rings (SSSR count). The van der Waals surface area contributed by atoms with E-state index in [9.17, 15) is 0 Å². The van der Waals surface area contributed by atoms with Crippen LogP contribution in [0.1, 0.15) is 0 Å². The second-order valence-electron chi connectivity index (χ2n) is 2.60. The normalized spacial score (nSPS) is 10.5. The zero-order valence-corrected chi connectivity index (χ0v) is 7.89. The van der Waals surface area contributed by atoms with E-state index in [4.69, 9.17) is 4.74 Å². The molecule has 0 saturated heterocycles. The first-order chi connectivity index (χ1) is 5.83. The number of thiazole rings is 1. The summed E-state index contributed by atoms with van der Waals surface area (Å²) in [6, 6.07) is 8.27. The number of aryl methyl sites for hydroxylation is 1. The van der Waals surface area contributed by atoms with Crippen molar-refractivity contribution in [2.24, 2.45) is 7.05 Å². The van der Waals surface area contributed by atoms with Crippen LogP contribution >= 0.6 is 11.3 Å². The Morgan fingerprint density at radius 1 is 1.33 bits per heavy atom. The molecule has 2 nitrogen and oxygen atoms in total. The van der Waals surface area contributed by atoms with Crippen LogP contribution in [0.15, 0.2) is 24.3 Å². The minimum atomic E-state index is 0.941. The molecule has 0 aliphatic rings. The van der Waals surface area contributed by atoms with Crippen molar-refractivity contribution in [1.29, 1.82) is 0 Å². The lowest BCUT2D eigenvalue weighted by molar-refractivity contribution is -0.646. The second kappa shape index (κ2) is 2.75. The maximum atomic E-state index is 5.21. The van der Waals surface area contributed by atoms with Gasteiger partial charge >= 0.3 is 5.19 Å². The van der Waals surface area contributed by atoms with Crippen molar-refractivity contribution in [3.8, 4) is 5.19 Å². The van der Waals surface area contributed by atoms with Crippen molar-refractivity contribution in [3.05, 3.63) is 24.3 Å². The fraction of sp³-hybridized carbons (Fsp3) is 0.222. The van der Waals surface area contributed by atoms with Crippen LogP contribution in [-0.2, 0) is 7.05 Å². The maximum Gasteiger partial charge on any atom is 0.430 e. The lowest BCUT2D eigenvalue weighted by Crippen LogP contribution is -2.27. The van der Waals surface area contributed by atoms with E-state index < -0.39 is 0 Å². The molecule has 0 atom stereocenters. The van der Waals surface area contributed by atoms with Gasteiger partial charge in [0.1, 0.15) is 11.7 Å². The highest BCUT2D eigenvalue weighted by atomic mass is 32.1. The summed E-state index contributed by atoms with van der Waals surface area (Å²) in [6.45, 7) is 0. The lowest BCUT2D eigenvalue weighted by Gasteiger charge is -1.87. The van der Waals surface area contributed by atoms with Crippen molar-refractivity contribution in [2.45, 2.75) is 0 Å². The Morgan fingerprint density at radius 2 is 2.08 bits per heavy atom. The Morgan fingerprint density at radius 3 is 2.75 bits per heavy atom. The van der Waals surface area contributed by atoms with Gasteiger partial charge in [-0.2, -0.15) is 4.57 Å². The summed E-state index contributed by atoms with van der Waals surface area (Å²) < 4.78 is 8.53. The summed E-state index contributed by atoms with van der Waals surface area (Å²) in [4.78, 5) is 0. The van der Waals surface area contributed by atoms with Gasteiger partial charge in [0.25, 0.3) is 0 Å². The molecule has 0 aliphatic carbocycles. The van der Waals surface area contributed by atoms with E-state index in [2.05, 4.69) is 16.7 Å². The summed E-state index contributed by atoms with van der Waals surface area (Å²) in [5.74, 6) is 0. The number of hydrogen-bond acceptors (Lipinski definition) is 2. The van der Waals surface area contributed by atoms with Gasteiger partial charge in [-0.3, -0.25) is 0 Å². The first kappa shape index (κ1) is 7.55. The number of hydrogen-bond donors (Lipinski definition) is 0. The van der Waals surface area contributed by atoms with Gasteiger partial charge in [-0.05, 0) is 17.4 Å². The fourth-order valence-corrected chi connectivity index (χ4v) is 2.22. The molecule has 1 heterocycles. The first-order valence-electron chi connectivity index (χ1n) is 3.74. The molecular formula is C9H10NOS+. The van der Waals surface area contributed by atoms with Crippen LogP contribution in [0.3, 0.4) is 0 Å². The third-order valence-electron chi connectivity index (χ3n) is 1.87. The predicted octanol–water partition coefficient (Wildman–Crippen LogP) is 1.73. The lowest BCUT2D eigenvalue weighted by atomic mass is 10.3. The van der Waals surface area contributed by atoms with E-state index in [-0.39, 0.29) is 0 Å². The van der Waals surface area contributed by atoms with Gasteiger partial charge in [-0.15, -0.1) is 0 Å². The summed E-state index contributed by atoms with van der Waals surface area (Å²) in [5, 5.41) is 0.941. The number of fused-ring (bicyclic) bond motifs is 1. The summed E-state index contributed by atoms with van der Waals surface area (Å²) in [7, 11) is 3.71. The van der Waals surface area contributed by atoms with E-state index in [0.717, 1.165) is 5.19 Å². The third kappa shape index (κ3) is 0.975. The van der Waals surface area contributed by atoms with E-state index in [0.29, 0.717) is 0 Å². The molecule has 3 heteroatoms. The molecule has 0 bridgehead atoms. The number of para-hydroxylation sites is 1. The number of aromatic nitrogens is 1. The monoisotopic (exact) mass is 180 g/mol. The smallest absolute Gasteiger partial charge is 0.430 e. The van der Waals surface area contributed by atoms with Crippen molar-refractivity contribution in [1.82, 2.24) is 0 Å². The molecule has 0 fully saturated rings. The topological polar surface area (TPSA) is 13.1 Å². The van der Waals surface area contributed by atoms with Crippen LogP contribution in [0, 0.1) is 0 Å². The van der Waals surface area contributed by atoms with Crippen LogP contribution in [0.4, 0.5) is 0 Å². The quantitative estimate of drug-likeness (QED) is 0.609. The van der Waals surface area contributed by atoms with Gasteiger partial charge in [0, 0.05) is 6.07 Å². The highest BCUT2D eigenvalue weighted by Gasteiger charge is 2.15. The summed E-state index contributed by atoms with van der Waals surface area (Å²) in [6.07, 6.45) is 0. The standard InChI is InChI=1S/C9H10NOS/c1-10-7-5-3-4-6-8(7)12-9(10)11-2/h3-6H,1-2H3/q+1. The first-order valence-corrected chi connectivity index (χ1v) is 4.56. The van der Waals surface area contributed by atoms with Gasteiger partial charge in [0.2, 0.25) is 5.52 Å². The molecule has 0 radical (unpaired) electrons. The van der Waals surface area contributed by atoms with Gasteiger partial charge < -0.3 is 4.74 Å². The number of methoxy groups -OCH3 is 1. The average Bonchev–Trinajstić information content (AvgIpc) is 2.44. The molecule has 0 spiro atoms. The van der Waals surface area contributed by atoms with Crippen LogP contribution in [0.25, 0.3) is 10.2 Å². The third-order valence-corrected chi connectivity index (χ3v) is 3.05. The van der Waals surface area contributed by atoms with Gasteiger partial charge in [-0.1, -0.05) is 12.1 Å². The van der Waals surface area contributed by atoms with Crippen LogP contribution in [-0.4, -0.2) is 7.11 Å². The van der Waals surface area contributed by atoms with Crippen molar-refractivity contribution < 1.29 is 9.30 Å². The molecule has 0 saturated carbocycles. The minimum absolute atomic E-state index is 0.941. The molecule has 12 heavy (non-hydrogen) atoms. The second-order valence-corrected chi connectivity index (χ2v) is 3.59. The van der Waals surface area contributed by atoms with Crippen LogP contribution in [0.2, 0.25) is 0 Å². The zero-order chi connectivity index (χ0) is 8.55. The van der Waals surface area contributed by atoms with Crippen molar-refractivity contribution in [2.75, 3.05) is 7.11 Å². The Bertz CT molecular complexity index is 408. The Hall–Kier alpha value is -1.09. The van der Waals surface area contributed by atoms with Gasteiger partial charge in [0.05, 0.1) is 7.11 Å². The van der Waals surface area contributed by atoms with E-state index in [1.54, 1.807) is 18.4 Å². The maximum absolute atomic E-state index is 5.21. The molecule has 1 aromatic heterocycles. The van der Waals surface area contributed by atoms with E-state index >= 15 is 0 Å². The molecule has 62 valence electrons. The van der Waals surface area contributed by atoms with Crippen LogP contribution in [0.5, 0.6) is 5.19 Å². The number of benzene rings is 1. The summed E-state index contributed by atoms with van der Waals surface area (Å²) >= 11 is 1.66. The molecule has 2 aromatic rings. The zero-order valence-electron chi connectivity index (χ0n) is 7.07. The number of rotatable bonds is 1. The average molecular weight is 180 g/mol. The van der Waals surface area contributed by atoms with Crippen molar-refractivity contribution in [3.63, 3.8) is 0 Å². The van der Waals surface area contributed by atoms with Crippen LogP contribution < -0.4 is 9.30 Å². The number of ether oxygens (including phenoxy) is 1. The van der Waals surface area contributed by atoms with E-state index in [1.165, 1.54) is 10.2 Å². The largest absolute Gasteiger partial charge is 0.439 e. The molecule has 0 amide bonds. The summed E-state index contributed by atoms with van der Waals surface area (Å²) in [5.41, 5.74) is 1.22. The molecule has 0 aliphatic heterocycles. The number of nitrogens with zero attached hydrogens (tertiary/aromatic N) is 1. The Labute approximate surface area is 75.0 Å².